The number of rotatable bonds is 6. The van der Waals surface area contributed by atoms with Crippen LogP contribution >= 0.6 is 0 Å². The topological polar surface area (TPSA) is 35.5 Å². The molecule has 0 heterocycles. The third-order valence-electron chi connectivity index (χ3n) is 5.47. The number of carbonyl (C=O) groups excluding carboxylic acids is 1. The predicted octanol–water partition coefficient (Wildman–Crippen LogP) is 3.73. The number of fused-ring (bicyclic) bond motifs is 2. The first kappa shape index (κ1) is 15.6. The van der Waals surface area contributed by atoms with Gasteiger partial charge in [0.2, 0.25) is 0 Å². The minimum atomic E-state index is -0.186. The van der Waals surface area contributed by atoms with Gasteiger partial charge >= 0.3 is 5.97 Å². The predicted molar refractivity (Wildman–Crippen MR) is 79.4 cm³/mol. The van der Waals surface area contributed by atoms with E-state index in [1.165, 1.54) is 19.3 Å². The molecule has 0 aliphatic heterocycles. The van der Waals surface area contributed by atoms with Crippen molar-refractivity contribution in [1.29, 1.82) is 0 Å². The summed E-state index contributed by atoms with van der Waals surface area (Å²) >= 11 is 0. The molecule has 0 unspecified atom stereocenters. The monoisotopic (exact) mass is 280 g/mol. The molecule has 2 rings (SSSR count). The second-order valence-corrected chi connectivity index (χ2v) is 6.58. The minimum Gasteiger partial charge on any atom is -0.463 e. The molecule has 0 spiro atoms. The Hall–Kier alpha value is -0.830. The van der Waals surface area contributed by atoms with Gasteiger partial charge in [0.25, 0.3) is 0 Å². The molecule has 2 bridgehead atoms. The fourth-order valence-corrected chi connectivity index (χ4v) is 4.40. The van der Waals surface area contributed by atoms with Gasteiger partial charge in [-0.15, -0.1) is 0 Å². The van der Waals surface area contributed by atoms with Gasteiger partial charge in [0.1, 0.15) is 0 Å². The van der Waals surface area contributed by atoms with Gasteiger partial charge in [0.05, 0.1) is 12.7 Å². The van der Waals surface area contributed by atoms with Gasteiger partial charge in [-0.1, -0.05) is 13.0 Å². The van der Waals surface area contributed by atoms with Gasteiger partial charge in [-0.2, -0.15) is 0 Å². The Labute approximate surface area is 122 Å². The first-order valence-corrected chi connectivity index (χ1v) is 7.89. The maximum atomic E-state index is 11.6. The molecule has 2 saturated carbocycles. The summed E-state index contributed by atoms with van der Waals surface area (Å²) in [6, 6.07) is 0. The number of methoxy groups -OCH3 is 1. The van der Waals surface area contributed by atoms with Crippen molar-refractivity contribution >= 4 is 5.97 Å². The molecular formula is C17H28O3. The lowest BCUT2D eigenvalue weighted by Crippen LogP contribution is -2.39. The summed E-state index contributed by atoms with van der Waals surface area (Å²) in [5, 5.41) is 0. The first-order valence-electron chi connectivity index (χ1n) is 7.89. The lowest BCUT2D eigenvalue weighted by Gasteiger charge is -2.40. The van der Waals surface area contributed by atoms with Crippen molar-refractivity contribution in [3.8, 4) is 0 Å². The van der Waals surface area contributed by atoms with Crippen molar-refractivity contribution in [2.45, 2.75) is 59.0 Å². The molecule has 3 nitrogen and oxygen atoms in total. The molecule has 114 valence electrons. The zero-order chi connectivity index (χ0) is 14.8. The maximum Gasteiger partial charge on any atom is 0.333 e. The smallest absolute Gasteiger partial charge is 0.333 e. The fraction of sp³-hybridized carbons (Fsp3) is 0.824. The van der Waals surface area contributed by atoms with Gasteiger partial charge < -0.3 is 9.47 Å². The summed E-state index contributed by atoms with van der Waals surface area (Å²) < 4.78 is 10.8. The number of carbonyl (C=O) groups is 1. The van der Waals surface area contributed by atoms with Gasteiger partial charge in [0.15, 0.2) is 0 Å². The van der Waals surface area contributed by atoms with Crippen molar-refractivity contribution in [1.82, 2.24) is 0 Å². The molecule has 2 aliphatic carbocycles. The summed E-state index contributed by atoms with van der Waals surface area (Å²) in [5.74, 6) is 1.37. The molecule has 0 aromatic rings. The van der Waals surface area contributed by atoms with Crippen LogP contribution in [0.3, 0.4) is 0 Å². The summed E-state index contributed by atoms with van der Waals surface area (Å²) in [7, 11) is 1.85. The normalized spacial score (nSPS) is 36.4. The third kappa shape index (κ3) is 2.78. The van der Waals surface area contributed by atoms with Crippen molar-refractivity contribution in [3.63, 3.8) is 0 Å². The SMILES string of the molecule is CCOC(=O)/C(C)=C\CC[C@]1(C)[C@H]2CC[C@H](C2)[C@@H]1OC. The second-order valence-electron chi connectivity index (χ2n) is 6.58. The van der Waals surface area contributed by atoms with E-state index >= 15 is 0 Å². The second kappa shape index (κ2) is 6.30. The highest BCUT2D eigenvalue weighted by Gasteiger charge is 2.55. The van der Waals surface area contributed by atoms with Crippen LogP contribution in [0.4, 0.5) is 0 Å². The van der Waals surface area contributed by atoms with Gasteiger partial charge in [-0.05, 0) is 63.2 Å². The number of hydrogen-bond acceptors (Lipinski definition) is 3. The maximum absolute atomic E-state index is 11.6. The van der Waals surface area contributed by atoms with Crippen LogP contribution in [-0.2, 0) is 14.3 Å². The minimum absolute atomic E-state index is 0.186. The van der Waals surface area contributed by atoms with Crippen LogP contribution in [0.2, 0.25) is 0 Å². The Morgan fingerprint density at radius 1 is 1.40 bits per heavy atom. The van der Waals surface area contributed by atoms with Crippen LogP contribution in [0.1, 0.15) is 52.9 Å². The lowest BCUT2D eigenvalue weighted by molar-refractivity contribution is -0.138. The zero-order valence-electron chi connectivity index (χ0n) is 13.3. The molecule has 20 heavy (non-hydrogen) atoms. The van der Waals surface area contributed by atoms with E-state index in [2.05, 4.69) is 6.92 Å². The first-order chi connectivity index (χ1) is 9.52. The molecule has 0 saturated heterocycles. The van der Waals surface area contributed by atoms with E-state index in [0.29, 0.717) is 12.7 Å². The van der Waals surface area contributed by atoms with Crippen LogP contribution in [0.25, 0.3) is 0 Å². The number of esters is 1. The molecule has 4 atom stereocenters. The van der Waals surface area contributed by atoms with E-state index in [1.807, 2.05) is 27.0 Å². The number of ether oxygens (including phenoxy) is 2. The quantitative estimate of drug-likeness (QED) is 0.549. The highest BCUT2D eigenvalue weighted by molar-refractivity contribution is 5.87. The molecule has 0 radical (unpaired) electrons. The Balaban J connectivity index is 1.93. The summed E-state index contributed by atoms with van der Waals surface area (Å²) in [6.45, 7) is 6.50. The molecular weight excluding hydrogens is 252 g/mol. The number of hydrogen-bond donors (Lipinski definition) is 0. The average Bonchev–Trinajstić information content (AvgIpc) is 2.98. The third-order valence-corrected chi connectivity index (χ3v) is 5.47. The van der Waals surface area contributed by atoms with Gasteiger partial charge in [0, 0.05) is 12.7 Å². The zero-order valence-corrected chi connectivity index (χ0v) is 13.3. The van der Waals surface area contributed by atoms with E-state index in [9.17, 15) is 4.79 Å². The summed E-state index contributed by atoms with van der Waals surface area (Å²) in [5.41, 5.74) is 1.01. The highest BCUT2D eigenvalue weighted by atomic mass is 16.5. The molecule has 0 N–H and O–H groups in total. The molecule has 2 fully saturated rings. The van der Waals surface area contributed by atoms with E-state index in [0.717, 1.165) is 30.3 Å². The van der Waals surface area contributed by atoms with Crippen LogP contribution in [0, 0.1) is 17.3 Å². The van der Waals surface area contributed by atoms with E-state index < -0.39 is 0 Å². The molecule has 2 aliphatic rings. The van der Waals surface area contributed by atoms with Crippen molar-refractivity contribution in [2.24, 2.45) is 17.3 Å². The van der Waals surface area contributed by atoms with Crippen LogP contribution in [0.5, 0.6) is 0 Å². The van der Waals surface area contributed by atoms with Gasteiger partial charge in [-0.25, -0.2) is 4.79 Å². The molecule has 0 aromatic carbocycles. The Morgan fingerprint density at radius 2 is 2.15 bits per heavy atom. The van der Waals surface area contributed by atoms with E-state index in [4.69, 9.17) is 9.47 Å². The van der Waals surface area contributed by atoms with Crippen LogP contribution in [0.15, 0.2) is 11.6 Å². The van der Waals surface area contributed by atoms with Crippen LogP contribution in [-0.4, -0.2) is 25.8 Å². The van der Waals surface area contributed by atoms with E-state index in [-0.39, 0.29) is 11.4 Å². The number of allylic oxidation sites excluding steroid dienone is 1. The summed E-state index contributed by atoms with van der Waals surface area (Å²) in [6.07, 6.45) is 8.47. The Kier molecular flexibility index (Phi) is 4.90. The van der Waals surface area contributed by atoms with E-state index in [1.54, 1.807) is 0 Å². The lowest BCUT2D eigenvalue weighted by atomic mass is 9.69. The Morgan fingerprint density at radius 3 is 2.80 bits per heavy atom. The molecule has 3 heteroatoms. The molecule has 0 aromatic heterocycles. The Bertz CT molecular complexity index is 388. The standard InChI is InChI=1S/C17H28O3/c1-5-20-16(18)12(2)7-6-10-17(3)14-9-8-13(11-14)15(17)19-4/h7,13-15H,5-6,8-11H2,1-4H3/b12-7-/t13-,14+,15+,17-/m1/s1. The fourth-order valence-electron chi connectivity index (χ4n) is 4.40. The average molecular weight is 280 g/mol. The van der Waals surface area contributed by atoms with Gasteiger partial charge in [-0.3, -0.25) is 0 Å². The largest absolute Gasteiger partial charge is 0.463 e. The van der Waals surface area contributed by atoms with Crippen LogP contribution < -0.4 is 0 Å². The highest BCUT2D eigenvalue weighted by Crippen LogP contribution is 2.58. The summed E-state index contributed by atoms with van der Waals surface area (Å²) in [4.78, 5) is 11.6. The molecule has 0 amide bonds. The van der Waals surface area contributed by atoms with Crippen molar-refractivity contribution in [3.05, 3.63) is 11.6 Å². The van der Waals surface area contributed by atoms with Crippen molar-refractivity contribution in [2.75, 3.05) is 13.7 Å². The van der Waals surface area contributed by atoms with Crippen molar-refractivity contribution < 1.29 is 14.3 Å².